The summed E-state index contributed by atoms with van der Waals surface area (Å²) in [7, 11) is 0. The number of hydrogen-bond donors (Lipinski definition) is 0. The van der Waals surface area contributed by atoms with Gasteiger partial charge in [0.1, 0.15) is 12.4 Å². The van der Waals surface area contributed by atoms with Crippen molar-refractivity contribution in [3.05, 3.63) is 0 Å². The lowest BCUT2D eigenvalue weighted by molar-refractivity contribution is 0.229. The van der Waals surface area contributed by atoms with Crippen molar-refractivity contribution in [2.24, 2.45) is 5.10 Å². The molecule has 0 aromatic heterocycles. The van der Waals surface area contributed by atoms with Gasteiger partial charge in [0, 0.05) is 6.54 Å². The summed E-state index contributed by atoms with van der Waals surface area (Å²) in [6.45, 7) is 2.99. The Bertz CT molecular complexity index is 210. The smallest absolute Gasteiger partial charge is 0.215 e. The van der Waals surface area contributed by atoms with Crippen LogP contribution in [0.15, 0.2) is 5.10 Å². The van der Waals surface area contributed by atoms with Gasteiger partial charge in [0.2, 0.25) is 6.17 Å². The van der Waals surface area contributed by atoms with Crippen molar-refractivity contribution in [3.8, 4) is 6.07 Å². The zero-order valence-electron chi connectivity index (χ0n) is 6.94. The minimum absolute atomic E-state index is 0.211. The molecule has 12 heavy (non-hydrogen) atoms. The number of hydrazone groups is 1. The third kappa shape index (κ3) is 2.00. The number of nitrogens with zero attached hydrogens (tertiary/aromatic N) is 4. The standard InChI is InChI=1S/C7H11IN4/c1-2-3-4-12-7(5-9)11(8)6-10-12/h6-7H,2-4H2,1H3. The van der Waals surface area contributed by atoms with Gasteiger partial charge in [-0.1, -0.05) is 13.3 Å². The Morgan fingerprint density at radius 1 is 1.75 bits per heavy atom. The summed E-state index contributed by atoms with van der Waals surface area (Å²) in [6, 6.07) is 2.19. The van der Waals surface area contributed by atoms with Crippen LogP contribution in [0.4, 0.5) is 0 Å². The molecule has 0 spiro atoms. The van der Waals surface area contributed by atoms with Crippen LogP contribution in [-0.4, -0.2) is 27.2 Å². The van der Waals surface area contributed by atoms with E-state index in [1.807, 2.05) is 5.01 Å². The monoisotopic (exact) mass is 278 g/mol. The topological polar surface area (TPSA) is 42.6 Å². The molecule has 0 aromatic carbocycles. The second-order valence-electron chi connectivity index (χ2n) is 2.59. The van der Waals surface area contributed by atoms with Crippen LogP contribution in [0.2, 0.25) is 0 Å². The van der Waals surface area contributed by atoms with Gasteiger partial charge in [-0.15, -0.1) is 0 Å². The molecule has 0 aromatic rings. The van der Waals surface area contributed by atoms with Gasteiger partial charge < -0.3 is 0 Å². The van der Waals surface area contributed by atoms with E-state index < -0.39 is 0 Å². The van der Waals surface area contributed by atoms with E-state index in [4.69, 9.17) is 5.26 Å². The predicted molar refractivity (Wildman–Crippen MR) is 55.4 cm³/mol. The number of halogens is 1. The fourth-order valence-electron chi connectivity index (χ4n) is 0.991. The highest BCUT2D eigenvalue weighted by molar-refractivity contribution is 14.1. The summed E-state index contributed by atoms with van der Waals surface area (Å²) < 4.78 is 1.79. The van der Waals surface area contributed by atoms with Gasteiger partial charge in [-0.05, 0) is 6.42 Å². The first-order valence-electron chi connectivity index (χ1n) is 3.94. The van der Waals surface area contributed by atoms with Crippen LogP contribution in [0.25, 0.3) is 0 Å². The quantitative estimate of drug-likeness (QED) is 0.581. The number of nitriles is 1. The minimum atomic E-state index is -0.211. The molecule has 0 radical (unpaired) electrons. The maximum absolute atomic E-state index is 8.79. The first kappa shape index (κ1) is 9.58. The van der Waals surface area contributed by atoms with Gasteiger partial charge in [0.05, 0.1) is 22.9 Å². The van der Waals surface area contributed by atoms with Gasteiger partial charge in [-0.2, -0.15) is 10.4 Å². The Kier molecular flexibility index (Phi) is 3.59. The molecule has 1 aliphatic heterocycles. The number of unbranched alkanes of at least 4 members (excludes halogenated alkanes) is 1. The molecule has 0 bridgehead atoms. The Morgan fingerprint density at radius 3 is 3.08 bits per heavy atom. The maximum atomic E-state index is 8.79. The normalized spacial score (nSPS) is 21.6. The second-order valence-corrected chi connectivity index (χ2v) is 3.71. The molecular formula is C7H11IN4. The Morgan fingerprint density at radius 2 is 2.50 bits per heavy atom. The van der Waals surface area contributed by atoms with Crippen LogP contribution in [-0.2, 0) is 0 Å². The van der Waals surface area contributed by atoms with Crippen molar-refractivity contribution < 1.29 is 0 Å². The van der Waals surface area contributed by atoms with E-state index in [0.29, 0.717) is 0 Å². The molecule has 1 rings (SSSR count). The molecule has 1 heterocycles. The lowest BCUT2D eigenvalue weighted by atomic mass is 10.3. The van der Waals surface area contributed by atoms with Crippen LogP contribution < -0.4 is 0 Å². The molecule has 0 aliphatic carbocycles. The zero-order chi connectivity index (χ0) is 8.97. The maximum Gasteiger partial charge on any atom is 0.215 e. The SMILES string of the molecule is CCCCN1N=CN(I)C1C#N. The third-order valence-electron chi connectivity index (χ3n) is 1.68. The largest absolute Gasteiger partial charge is 0.267 e. The molecule has 0 saturated carbocycles. The van der Waals surface area contributed by atoms with Crippen molar-refractivity contribution >= 4 is 29.2 Å². The summed E-state index contributed by atoms with van der Waals surface area (Å²) in [6.07, 6.45) is 3.69. The molecular weight excluding hydrogens is 267 g/mol. The highest BCUT2D eigenvalue weighted by Crippen LogP contribution is 2.16. The summed E-state index contributed by atoms with van der Waals surface area (Å²) in [5.74, 6) is 0. The van der Waals surface area contributed by atoms with Crippen molar-refractivity contribution in [3.63, 3.8) is 0 Å². The van der Waals surface area contributed by atoms with Crippen LogP contribution >= 0.6 is 22.9 Å². The average Bonchev–Trinajstić information content (AvgIpc) is 2.43. The third-order valence-corrected chi connectivity index (χ3v) is 2.46. The lowest BCUT2D eigenvalue weighted by Gasteiger charge is -2.19. The highest BCUT2D eigenvalue weighted by atomic mass is 127. The Hall–Kier alpha value is -0.510. The van der Waals surface area contributed by atoms with Crippen molar-refractivity contribution in [2.45, 2.75) is 25.9 Å². The molecule has 0 fully saturated rings. The zero-order valence-corrected chi connectivity index (χ0v) is 9.10. The van der Waals surface area contributed by atoms with Crippen molar-refractivity contribution in [1.29, 1.82) is 5.26 Å². The molecule has 4 nitrogen and oxygen atoms in total. The molecule has 0 N–H and O–H groups in total. The van der Waals surface area contributed by atoms with E-state index in [-0.39, 0.29) is 6.17 Å². The molecule has 0 saturated heterocycles. The van der Waals surface area contributed by atoms with Crippen LogP contribution in [0.5, 0.6) is 0 Å². The van der Waals surface area contributed by atoms with Gasteiger partial charge in [-0.3, -0.25) is 8.12 Å². The fourth-order valence-corrected chi connectivity index (χ4v) is 1.51. The average molecular weight is 278 g/mol. The summed E-state index contributed by atoms with van der Waals surface area (Å²) in [5, 5.41) is 14.7. The first-order valence-corrected chi connectivity index (χ1v) is 4.90. The second kappa shape index (κ2) is 4.50. The van der Waals surface area contributed by atoms with Crippen LogP contribution in [0, 0.1) is 11.3 Å². The molecule has 1 aliphatic rings. The van der Waals surface area contributed by atoms with Gasteiger partial charge in [0.15, 0.2) is 0 Å². The van der Waals surface area contributed by atoms with Crippen LogP contribution in [0.1, 0.15) is 19.8 Å². The molecule has 1 unspecified atom stereocenters. The number of hydrogen-bond acceptors (Lipinski definition) is 4. The Labute approximate surface area is 86.3 Å². The molecule has 5 heteroatoms. The number of rotatable bonds is 3. The summed E-state index contributed by atoms with van der Waals surface area (Å²) in [5.41, 5.74) is 0. The molecule has 66 valence electrons. The van der Waals surface area contributed by atoms with Crippen molar-refractivity contribution in [1.82, 2.24) is 8.12 Å². The fraction of sp³-hybridized carbons (Fsp3) is 0.714. The van der Waals surface area contributed by atoms with E-state index in [1.165, 1.54) is 0 Å². The predicted octanol–water partition coefficient (Wildman–Crippen LogP) is 1.55. The van der Waals surface area contributed by atoms with Gasteiger partial charge in [0.25, 0.3) is 0 Å². The molecule has 0 amide bonds. The van der Waals surface area contributed by atoms with Gasteiger partial charge in [-0.25, -0.2) is 0 Å². The van der Waals surface area contributed by atoms with Crippen LogP contribution in [0.3, 0.4) is 0 Å². The van der Waals surface area contributed by atoms with E-state index in [0.717, 1.165) is 19.4 Å². The van der Waals surface area contributed by atoms with Crippen molar-refractivity contribution in [2.75, 3.05) is 6.54 Å². The summed E-state index contributed by atoms with van der Waals surface area (Å²) >= 11 is 2.08. The highest BCUT2D eigenvalue weighted by Gasteiger charge is 2.24. The minimum Gasteiger partial charge on any atom is -0.267 e. The van der Waals surface area contributed by atoms with E-state index in [1.54, 1.807) is 9.45 Å². The molecule has 1 atom stereocenters. The first-order chi connectivity index (χ1) is 5.79. The Balaban J connectivity index is 2.45. The van der Waals surface area contributed by atoms with E-state index >= 15 is 0 Å². The van der Waals surface area contributed by atoms with E-state index in [9.17, 15) is 0 Å². The van der Waals surface area contributed by atoms with E-state index in [2.05, 4.69) is 41.0 Å². The summed E-state index contributed by atoms with van der Waals surface area (Å²) in [4.78, 5) is 0. The lowest BCUT2D eigenvalue weighted by Crippen LogP contribution is -2.33. The van der Waals surface area contributed by atoms with Gasteiger partial charge >= 0.3 is 0 Å².